The molecule has 0 saturated carbocycles. The van der Waals surface area contributed by atoms with Crippen molar-refractivity contribution < 1.29 is 48.3 Å². The largest absolute Gasteiger partial charge is 0.494 e. The number of carbonyl (C=O) groups excluding carboxylic acids is 3. The van der Waals surface area contributed by atoms with Crippen LogP contribution < -0.4 is 15.6 Å². The van der Waals surface area contributed by atoms with Crippen molar-refractivity contribution in [3.63, 3.8) is 0 Å². The minimum absolute atomic E-state index is 0.000151. The molecule has 1 aliphatic heterocycles. The molecule has 41 heteroatoms. The summed E-state index contributed by atoms with van der Waals surface area (Å²) >= 11 is 53.0. The van der Waals surface area contributed by atoms with Crippen molar-refractivity contribution >= 4 is 145 Å². The molecule has 15 aromatic rings. The summed E-state index contributed by atoms with van der Waals surface area (Å²) in [4.78, 5) is 115. The number of methoxy groups -OCH3 is 1. The number of aliphatic hydroxyl groups excluding tert-OH is 1. The number of ether oxygens (including phenoxy) is 4. The van der Waals surface area contributed by atoms with Gasteiger partial charge in [0.2, 0.25) is 0 Å². The maximum absolute atomic E-state index is 11.8. The molecule has 0 saturated heterocycles. The first kappa shape index (κ1) is 104. The Kier molecular flexibility index (Phi) is 43.4. The van der Waals surface area contributed by atoms with Crippen molar-refractivity contribution in [1.82, 2.24) is 105 Å². The molecular formula is C91H87Cl9N22O10. The molecule has 0 fully saturated rings. The van der Waals surface area contributed by atoms with Gasteiger partial charge in [0.1, 0.15) is 122 Å². The summed E-state index contributed by atoms with van der Waals surface area (Å²) in [5, 5.41) is 25.3. The van der Waals surface area contributed by atoms with E-state index in [2.05, 4.69) is 106 Å². The fourth-order valence-electron chi connectivity index (χ4n) is 12.5. The monoisotopic (exact) mass is 1960 g/mol. The third-order valence-electron chi connectivity index (χ3n) is 18.4. The standard InChI is InChI=1S/C16H19ClN2O2.C13H11N5O4.C12H10Cl2N2.C12H11ClN2O.C12H9ClN2O.C11H11N5.C9H12Cl2N2O.C6H4Cl2N2O/c1-3-20-14(21-4-2)10-13-15(18-11-19-16(13)17)12-8-6-5-7-9-12;1-6-16-5-18(17-6)12-10-9(8(22-2)4-15-12)7(3-14-10)11(19)13(20)21;13-7-6-10-11(15-8-16-12(10)14)9-4-2-1-3-5-9;2*13-12-10(6-7-16)11(14-8-15-12)9-4-2-1-3-5-9;1-2-5-12-9(3-1)10-8-4-6-15-16-11(8)14-7-13-10;1-3-14-6(2)4-7-8(10)12-5-13-9(7)11;7-5-4(1-2-11)6(8)10-3-9-5/h5-9,11,14H,3-4,10H2,1-2H3;3-5,14H,1-2H3,(H,20,21);1-5,8H,6-7H2;1-5,8,16H,6-7H2;1-5,7-8H,6H2;1-3,5,7,15H,4,6H2,(H,13,14,16);5-6H,3-4H2,1-2H3;2-3H,1H2. The number of H-pyrrole nitrogens is 1. The van der Waals surface area contributed by atoms with Gasteiger partial charge in [0.25, 0.3) is 5.78 Å². The number of aryl methyl sites for hydroxylation is 1. The number of rotatable bonds is 27. The molecule has 16 rings (SSSR count). The number of fused-ring (bicyclic) bond motifs is 2. The molecular weight excluding hydrogens is 1880 g/mol. The number of benzene rings is 4. The molecule has 0 spiro atoms. The second kappa shape index (κ2) is 55.3. The van der Waals surface area contributed by atoms with Crippen molar-refractivity contribution in [2.24, 2.45) is 0 Å². The van der Waals surface area contributed by atoms with E-state index >= 15 is 0 Å². The number of carbonyl (C=O) groups is 4. The zero-order valence-electron chi connectivity index (χ0n) is 71.7. The van der Waals surface area contributed by atoms with Crippen molar-refractivity contribution in [1.29, 1.82) is 0 Å². The molecule has 5 N–H and O–H groups in total. The Morgan fingerprint density at radius 1 is 0.500 bits per heavy atom. The minimum Gasteiger partial charge on any atom is -0.494 e. The highest BCUT2D eigenvalue weighted by Gasteiger charge is 2.26. The summed E-state index contributed by atoms with van der Waals surface area (Å²) in [5.74, 6) is 0.0187. The summed E-state index contributed by atoms with van der Waals surface area (Å²) in [5.41, 5.74) is 21.1. The van der Waals surface area contributed by atoms with Crippen molar-refractivity contribution in [2.45, 2.75) is 92.0 Å². The van der Waals surface area contributed by atoms with Gasteiger partial charge in [-0.2, -0.15) is 5.10 Å². The second-order valence-corrected chi connectivity index (χ2v) is 30.2. The maximum atomic E-state index is 11.8. The van der Waals surface area contributed by atoms with E-state index in [4.69, 9.17) is 134 Å². The van der Waals surface area contributed by atoms with Crippen LogP contribution in [0.2, 0.25) is 41.2 Å². The first-order chi connectivity index (χ1) is 64.1. The second-order valence-electron chi connectivity index (χ2n) is 27.0. The Bertz CT molecular complexity index is 6050. The first-order valence-electron chi connectivity index (χ1n) is 40.4. The molecule has 4 aromatic carbocycles. The molecule has 132 heavy (non-hydrogen) atoms. The fourth-order valence-corrected chi connectivity index (χ4v) is 14.5. The van der Waals surface area contributed by atoms with Crippen molar-refractivity contribution in [3.05, 3.63) is 300 Å². The van der Waals surface area contributed by atoms with Crippen LogP contribution in [0.1, 0.15) is 82.8 Å². The Morgan fingerprint density at radius 2 is 0.932 bits per heavy atom. The van der Waals surface area contributed by atoms with Crippen LogP contribution in [0.15, 0.2) is 209 Å². The number of aromatic nitrogens is 20. The highest BCUT2D eigenvalue weighted by atomic mass is 35.5. The average molecular weight is 1970 g/mol. The van der Waals surface area contributed by atoms with Crippen LogP contribution in [0.4, 0.5) is 5.82 Å². The molecule has 1 aliphatic rings. The molecule has 0 radical (unpaired) electrons. The average Bonchev–Trinajstić information content (AvgIpc) is 1.61. The van der Waals surface area contributed by atoms with E-state index in [0.717, 1.165) is 104 Å². The number of anilines is 1. The number of aldehydes is 2. The number of carboxylic acids is 1. The molecule has 12 heterocycles. The molecule has 0 aliphatic carbocycles. The number of aliphatic carboxylic acids is 1. The number of pyridine rings is 2. The van der Waals surface area contributed by atoms with Gasteiger partial charge in [0.05, 0.1) is 70.0 Å². The van der Waals surface area contributed by atoms with Gasteiger partial charge in [0.15, 0.2) is 12.1 Å². The van der Waals surface area contributed by atoms with E-state index in [1.807, 2.05) is 167 Å². The number of Topliss-reactive ketones (excluding diaryl/α,β-unsaturated/α-hetero) is 1. The number of alkyl halides is 1. The van der Waals surface area contributed by atoms with E-state index in [1.165, 1.54) is 68.5 Å². The van der Waals surface area contributed by atoms with E-state index in [-0.39, 0.29) is 47.7 Å². The van der Waals surface area contributed by atoms with Gasteiger partial charge in [-0.15, -0.1) is 11.6 Å². The lowest BCUT2D eigenvalue weighted by atomic mass is 10.0. The Balaban J connectivity index is 0.000000171. The number of hydrogen-bond donors (Lipinski definition) is 5. The molecule has 0 bridgehead atoms. The van der Waals surface area contributed by atoms with Crippen molar-refractivity contribution in [3.8, 4) is 68.0 Å². The predicted octanol–water partition coefficient (Wildman–Crippen LogP) is 18.2. The van der Waals surface area contributed by atoms with Crippen LogP contribution in [-0.4, -0.2) is 192 Å². The SMILES string of the molecule is CCOC(C)Cc1c(Cl)ncnc1Cl.CCOC(Cc1c(Cl)ncnc1-c1ccccc1)OCC.COc1cnc(-n2cnc(C)n2)c2[nH]cc(C(=O)C(=O)O)c12.ClCCc1c(Cl)ncnc1-c1ccccc1.O=CCc1c(Cl)ncnc1-c1ccccc1.O=CCc1c(Cl)ncnc1Cl.OCCc1c(Cl)ncnc1-c1ccccc1.c1ccc(-c2ncnc3c2CCNN3)nc1. The Labute approximate surface area is 804 Å². The van der Waals surface area contributed by atoms with Gasteiger partial charge in [-0.1, -0.05) is 220 Å². The molecule has 1 unspecified atom stereocenters. The van der Waals surface area contributed by atoms with Crippen LogP contribution in [-0.2, 0) is 73.5 Å². The van der Waals surface area contributed by atoms with E-state index in [0.29, 0.717) is 134 Å². The van der Waals surface area contributed by atoms with Crippen LogP contribution in [0.3, 0.4) is 0 Å². The lowest BCUT2D eigenvalue weighted by Gasteiger charge is -2.19. The topological polar surface area (TPSA) is 422 Å². The summed E-state index contributed by atoms with van der Waals surface area (Å²) < 4.78 is 23.2. The number of aliphatic hydroxyl groups is 1. The van der Waals surface area contributed by atoms with Gasteiger partial charge < -0.3 is 49.2 Å². The van der Waals surface area contributed by atoms with Crippen LogP contribution in [0.25, 0.3) is 73.1 Å². The van der Waals surface area contributed by atoms with E-state index in [1.54, 1.807) is 19.4 Å². The number of carboxylic acid groups (broad SMARTS) is 1. The van der Waals surface area contributed by atoms with Gasteiger partial charge in [-0.25, -0.2) is 94.6 Å². The lowest BCUT2D eigenvalue weighted by molar-refractivity contribution is -0.134. The number of aromatic amines is 1. The molecule has 1 atom stereocenters. The van der Waals surface area contributed by atoms with Gasteiger partial charge in [-0.05, 0) is 59.6 Å². The number of hydrogen-bond acceptors (Lipinski definition) is 29. The number of ketones is 1. The van der Waals surface area contributed by atoms with Crippen molar-refractivity contribution in [2.75, 3.05) is 51.4 Å². The fraction of sp³-hybridized carbons (Fsp3) is 0.231. The van der Waals surface area contributed by atoms with Gasteiger partial charge in [0, 0.05) is 145 Å². The van der Waals surface area contributed by atoms with Crippen LogP contribution >= 0.6 is 104 Å². The summed E-state index contributed by atoms with van der Waals surface area (Å²) in [7, 11) is 1.41. The van der Waals surface area contributed by atoms with Gasteiger partial charge in [-0.3, -0.25) is 9.78 Å². The number of halogens is 9. The zero-order valence-corrected chi connectivity index (χ0v) is 78.5. The quantitative estimate of drug-likeness (QED) is 0.00797. The molecule has 32 nitrogen and oxygen atoms in total. The number of hydrazine groups is 1. The summed E-state index contributed by atoms with van der Waals surface area (Å²) in [6.45, 7) is 12.3. The normalized spacial score (nSPS) is 11.2. The predicted molar refractivity (Wildman–Crippen MR) is 509 cm³/mol. The highest BCUT2D eigenvalue weighted by molar-refractivity contribution is 6.42. The van der Waals surface area contributed by atoms with Crippen LogP contribution in [0, 0.1) is 6.92 Å². The maximum Gasteiger partial charge on any atom is 0.377 e. The minimum atomic E-state index is -1.54. The summed E-state index contributed by atoms with van der Waals surface area (Å²) in [6.07, 6.45) is 20.7. The van der Waals surface area contributed by atoms with E-state index < -0.39 is 11.8 Å². The number of nitrogens with one attached hydrogen (secondary N) is 3. The Hall–Kier alpha value is -12.1. The third-order valence-corrected chi connectivity index (χ3v) is 21.2. The van der Waals surface area contributed by atoms with E-state index in [9.17, 15) is 19.2 Å². The number of nitrogens with zero attached hydrogens (tertiary/aromatic N) is 19. The molecule has 11 aromatic heterocycles. The first-order valence-corrected chi connectivity index (χ1v) is 44.0. The van der Waals surface area contributed by atoms with Crippen LogP contribution in [0.5, 0.6) is 5.75 Å². The highest BCUT2D eigenvalue weighted by Crippen LogP contribution is 2.35. The van der Waals surface area contributed by atoms with Gasteiger partial charge >= 0.3 is 5.97 Å². The smallest absolute Gasteiger partial charge is 0.377 e. The third kappa shape index (κ3) is 30.2. The Morgan fingerprint density at radius 3 is 1.38 bits per heavy atom. The zero-order chi connectivity index (χ0) is 94.7. The summed E-state index contributed by atoms with van der Waals surface area (Å²) in [6, 6.07) is 45.0. The molecule has 0 amide bonds. The lowest BCUT2D eigenvalue weighted by Crippen LogP contribution is -2.31. The molecule has 684 valence electrons.